The smallest absolute Gasteiger partial charge is 0.335 e. The molecular formula is C39H52N2O9. The maximum Gasteiger partial charge on any atom is 0.335 e. The number of amides is 2. The Kier molecular flexibility index (Phi) is 11.7. The number of fused-ring (bicyclic) bond motifs is 5. The van der Waals surface area contributed by atoms with E-state index in [1.165, 1.54) is 17.7 Å². The topological polar surface area (TPSA) is 176 Å². The highest BCUT2D eigenvalue weighted by molar-refractivity contribution is 5.92. The number of Topliss-reactive ketones (excluding diaryl/α,β-unsaturated/α-hetero) is 1. The van der Waals surface area contributed by atoms with Gasteiger partial charge >= 0.3 is 11.9 Å². The van der Waals surface area contributed by atoms with Crippen molar-refractivity contribution in [2.75, 3.05) is 13.2 Å². The Morgan fingerprint density at radius 3 is 2.30 bits per heavy atom. The van der Waals surface area contributed by atoms with Crippen LogP contribution < -0.4 is 10.6 Å². The third-order valence-electron chi connectivity index (χ3n) is 12.6. The summed E-state index contributed by atoms with van der Waals surface area (Å²) in [6.45, 7) is 4.55. The van der Waals surface area contributed by atoms with Crippen molar-refractivity contribution in [3.63, 3.8) is 0 Å². The third kappa shape index (κ3) is 7.87. The monoisotopic (exact) mass is 692 g/mol. The Balaban J connectivity index is 0.959. The lowest BCUT2D eigenvalue weighted by molar-refractivity contribution is -0.170. The van der Waals surface area contributed by atoms with Crippen LogP contribution in [-0.2, 0) is 35.3 Å². The number of benzene rings is 1. The molecule has 4 aliphatic rings. The molecule has 3 fully saturated rings. The van der Waals surface area contributed by atoms with E-state index in [4.69, 9.17) is 9.84 Å². The largest absolute Gasteiger partial charge is 0.478 e. The van der Waals surface area contributed by atoms with Crippen LogP contribution in [0, 0.1) is 28.6 Å². The lowest BCUT2D eigenvalue weighted by Gasteiger charge is -2.58. The number of aliphatic hydroxyl groups is 1. The van der Waals surface area contributed by atoms with Gasteiger partial charge in [0.1, 0.15) is 5.60 Å². The number of carbonyl (C=O) groups excluding carboxylic acids is 5. The number of carbonyl (C=O) groups is 6. The number of ketones is 2. The summed E-state index contributed by atoms with van der Waals surface area (Å²) in [7, 11) is 0. The molecule has 6 atom stereocenters. The molecule has 2 amide bonds. The molecule has 0 spiro atoms. The second-order valence-corrected chi connectivity index (χ2v) is 15.3. The number of unbranched alkanes of at least 4 members (excludes halogenated alkanes) is 2. The molecule has 0 saturated heterocycles. The number of ether oxygens (including phenoxy) is 1. The molecule has 1 aromatic rings. The number of rotatable bonds is 15. The number of allylic oxidation sites excluding steroid dienone is 1. The van der Waals surface area contributed by atoms with Crippen LogP contribution in [0.15, 0.2) is 35.9 Å². The normalized spacial score (nSPS) is 29.9. The maximum absolute atomic E-state index is 13.5. The average molecular weight is 693 g/mol. The lowest BCUT2D eigenvalue weighted by atomic mass is 9.46. The van der Waals surface area contributed by atoms with Gasteiger partial charge in [-0.25, -0.2) is 4.79 Å². The Labute approximate surface area is 294 Å². The predicted molar refractivity (Wildman–Crippen MR) is 184 cm³/mol. The molecule has 4 aliphatic carbocycles. The molecule has 11 nitrogen and oxygen atoms in total. The molecular weight excluding hydrogens is 640 g/mol. The number of hydrogen-bond acceptors (Lipinski definition) is 8. The highest BCUT2D eigenvalue weighted by atomic mass is 16.5. The van der Waals surface area contributed by atoms with Crippen LogP contribution in [0.25, 0.3) is 0 Å². The number of carboxylic acid groups (broad SMARTS) is 1. The summed E-state index contributed by atoms with van der Waals surface area (Å²) >= 11 is 0. The van der Waals surface area contributed by atoms with Crippen LogP contribution in [-0.4, -0.2) is 64.3 Å². The van der Waals surface area contributed by atoms with Crippen molar-refractivity contribution in [2.24, 2.45) is 28.6 Å². The van der Waals surface area contributed by atoms with Gasteiger partial charge in [0.25, 0.3) is 0 Å². The Hall–Kier alpha value is -3.86. The summed E-state index contributed by atoms with van der Waals surface area (Å²) in [4.78, 5) is 73.3. The Morgan fingerprint density at radius 2 is 1.56 bits per heavy atom. The van der Waals surface area contributed by atoms with Crippen molar-refractivity contribution in [1.82, 2.24) is 10.6 Å². The van der Waals surface area contributed by atoms with E-state index in [0.717, 1.165) is 44.1 Å². The number of nitrogens with one attached hydrogen (secondary N) is 2. The van der Waals surface area contributed by atoms with Crippen LogP contribution in [0.1, 0.15) is 120 Å². The van der Waals surface area contributed by atoms with Crippen molar-refractivity contribution in [2.45, 2.75) is 116 Å². The molecule has 0 heterocycles. The summed E-state index contributed by atoms with van der Waals surface area (Å²) in [6, 6.07) is 6.32. The first-order valence-electron chi connectivity index (χ1n) is 18.3. The van der Waals surface area contributed by atoms with Crippen molar-refractivity contribution >= 4 is 35.3 Å². The van der Waals surface area contributed by atoms with Crippen molar-refractivity contribution in [3.8, 4) is 0 Å². The van der Waals surface area contributed by atoms with Gasteiger partial charge in [0.05, 0.1) is 12.0 Å². The molecule has 272 valence electrons. The molecule has 4 N–H and O–H groups in total. The van der Waals surface area contributed by atoms with E-state index >= 15 is 0 Å². The van der Waals surface area contributed by atoms with Crippen LogP contribution >= 0.6 is 0 Å². The summed E-state index contributed by atoms with van der Waals surface area (Å²) in [6.07, 6.45) is 10.0. The first kappa shape index (κ1) is 37.4. The van der Waals surface area contributed by atoms with Gasteiger partial charge in [0.15, 0.2) is 12.4 Å². The maximum atomic E-state index is 13.5. The minimum absolute atomic E-state index is 0.00594. The minimum atomic E-state index is -1.56. The molecule has 0 bridgehead atoms. The highest BCUT2D eigenvalue weighted by Crippen LogP contribution is 2.67. The van der Waals surface area contributed by atoms with Crippen molar-refractivity contribution < 1.29 is 43.7 Å². The first-order valence-corrected chi connectivity index (χ1v) is 18.3. The van der Waals surface area contributed by atoms with Gasteiger partial charge in [0.2, 0.25) is 17.6 Å². The Morgan fingerprint density at radius 1 is 0.840 bits per heavy atom. The van der Waals surface area contributed by atoms with Gasteiger partial charge in [-0.05, 0) is 105 Å². The highest BCUT2D eigenvalue weighted by Gasteiger charge is 2.66. The van der Waals surface area contributed by atoms with E-state index in [0.29, 0.717) is 63.5 Å². The second-order valence-electron chi connectivity index (χ2n) is 15.3. The quantitative estimate of drug-likeness (QED) is 0.148. The molecule has 0 radical (unpaired) electrons. The summed E-state index contributed by atoms with van der Waals surface area (Å²) in [5.41, 5.74) is 0.130. The average Bonchev–Trinajstić information content (AvgIpc) is 3.38. The van der Waals surface area contributed by atoms with Crippen LogP contribution in [0.2, 0.25) is 0 Å². The van der Waals surface area contributed by atoms with Gasteiger partial charge in [-0.15, -0.1) is 0 Å². The van der Waals surface area contributed by atoms with E-state index < -0.39 is 35.3 Å². The molecule has 1 aromatic carbocycles. The van der Waals surface area contributed by atoms with Gasteiger partial charge in [-0.2, -0.15) is 0 Å². The van der Waals surface area contributed by atoms with E-state index in [1.807, 2.05) is 13.0 Å². The zero-order valence-corrected chi connectivity index (χ0v) is 29.4. The van der Waals surface area contributed by atoms with E-state index in [9.17, 15) is 33.9 Å². The molecule has 50 heavy (non-hydrogen) atoms. The van der Waals surface area contributed by atoms with Crippen LogP contribution in [0.4, 0.5) is 0 Å². The van der Waals surface area contributed by atoms with Gasteiger partial charge in [-0.1, -0.05) is 38.0 Å². The minimum Gasteiger partial charge on any atom is -0.478 e. The summed E-state index contributed by atoms with van der Waals surface area (Å²) < 4.78 is 5.27. The molecule has 0 unspecified atom stereocenters. The SMILES string of the molecule is C[C@]12CCC(=O)C=C1CC[C@H]1[C@H]3CC[C@](O)(C(=O)COC(=O)CCC(=O)NCCCCCC(=O)NCc4ccc(C(=O)O)cc4)[C@@]3(C)CC[C@@H]12. The fourth-order valence-corrected chi connectivity index (χ4v) is 9.54. The molecule has 3 saturated carbocycles. The number of aromatic carboxylic acids is 1. The van der Waals surface area contributed by atoms with Gasteiger partial charge in [-0.3, -0.25) is 24.0 Å². The molecule has 0 aromatic heterocycles. The first-order chi connectivity index (χ1) is 23.8. The zero-order chi connectivity index (χ0) is 36.1. The van der Waals surface area contributed by atoms with E-state index in [2.05, 4.69) is 17.6 Å². The second kappa shape index (κ2) is 15.6. The van der Waals surface area contributed by atoms with E-state index in [1.54, 1.807) is 12.1 Å². The van der Waals surface area contributed by atoms with Gasteiger partial charge in [0, 0.05) is 37.8 Å². The van der Waals surface area contributed by atoms with Crippen molar-refractivity contribution in [3.05, 3.63) is 47.0 Å². The number of esters is 1. The van der Waals surface area contributed by atoms with Gasteiger partial charge < -0.3 is 25.6 Å². The summed E-state index contributed by atoms with van der Waals surface area (Å²) in [5, 5.41) is 26.4. The van der Waals surface area contributed by atoms with E-state index in [-0.39, 0.29) is 47.3 Å². The molecule has 11 heteroatoms. The third-order valence-corrected chi connectivity index (χ3v) is 12.6. The van der Waals surface area contributed by atoms with Crippen molar-refractivity contribution in [1.29, 1.82) is 0 Å². The lowest BCUT2D eigenvalue weighted by Crippen LogP contribution is -2.58. The molecule has 0 aliphatic heterocycles. The number of hydrogen-bond donors (Lipinski definition) is 4. The van der Waals surface area contributed by atoms with Crippen LogP contribution in [0.3, 0.4) is 0 Å². The fourth-order valence-electron chi connectivity index (χ4n) is 9.54. The summed E-state index contributed by atoms with van der Waals surface area (Å²) in [5.74, 6) is -1.29. The Bertz CT molecular complexity index is 1520. The predicted octanol–water partition coefficient (Wildman–Crippen LogP) is 4.83. The fraction of sp³-hybridized carbons (Fsp3) is 0.641. The molecule has 5 rings (SSSR count). The van der Waals surface area contributed by atoms with Crippen LogP contribution in [0.5, 0.6) is 0 Å². The zero-order valence-electron chi connectivity index (χ0n) is 29.4. The standard InChI is InChI=1S/C39H52N2O9/c1-37-18-15-28(42)22-27(37)11-12-29-30(37)16-19-38(2)31(29)17-20-39(38,49)32(43)24-50-35(46)14-13-34(45)40-21-5-3-4-6-33(44)41-23-25-7-9-26(10-8-25)36(47)48/h7-10,22,29-31,49H,3-6,11-21,23-24H2,1-2H3,(H,40,45)(H,41,44)(H,47,48)/t29-,30+,31-,37+,38+,39+/m1/s1. The number of carboxylic acids is 1.